The van der Waals surface area contributed by atoms with E-state index in [2.05, 4.69) is 35.9 Å². The highest BCUT2D eigenvalue weighted by Gasteiger charge is 2.24. The van der Waals surface area contributed by atoms with Crippen LogP contribution in [0.4, 0.5) is 0 Å². The molecule has 0 spiro atoms. The van der Waals surface area contributed by atoms with Crippen molar-refractivity contribution in [1.29, 1.82) is 0 Å². The van der Waals surface area contributed by atoms with Crippen molar-refractivity contribution in [3.05, 3.63) is 17.5 Å². The Kier molecular flexibility index (Phi) is 4.58. The number of aromatic amines is 1. The molecule has 1 aromatic heterocycles. The Labute approximate surface area is 115 Å². The largest absolute Gasteiger partial charge is 0.335 e. The number of nitrogens with one attached hydrogen (secondary N) is 1. The standard InChI is InChI=1S/C14H24N4O/c1-4-5-12-10-13(16-15-12)14(19)18-8-6-17(7-9-18)11(2)3/h10-11H,4-9H2,1-3H3,(H,15,16). The third kappa shape index (κ3) is 3.35. The molecule has 19 heavy (non-hydrogen) atoms. The lowest BCUT2D eigenvalue weighted by molar-refractivity contribution is 0.0590. The topological polar surface area (TPSA) is 52.2 Å². The molecule has 5 heteroatoms. The molecular formula is C14H24N4O. The number of H-pyrrole nitrogens is 1. The normalized spacial score (nSPS) is 17.2. The fourth-order valence-corrected chi connectivity index (χ4v) is 2.47. The molecule has 0 unspecified atom stereocenters. The maximum atomic E-state index is 12.3. The van der Waals surface area contributed by atoms with E-state index >= 15 is 0 Å². The highest BCUT2D eigenvalue weighted by atomic mass is 16.2. The van der Waals surface area contributed by atoms with Crippen molar-refractivity contribution >= 4 is 5.91 Å². The summed E-state index contributed by atoms with van der Waals surface area (Å²) in [5.74, 6) is 0.0574. The minimum Gasteiger partial charge on any atom is -0.335 e. The van der Waals surface area contributed by atoms with Crippen molar-refractivity contribution in [2.45, 2.75) is 39.7 Å². The Bertz CT molecular complexity index is 419. The average Bonchev–Trinajstić information content (AvgIpc) is 2.87. The van der Waals surface area contributed by atoms with Gasteiger partial charge in [-0.15, -0.1) is 0 Å². The fourth-order valence-electron chi connectivity index (χ4n) is 2.47. The second kappa shape index (κ2) is 6.19. The van der Waals surface area contributed by atoms with E-state index in [1.807, 2.05) is 11.0 Å². The van der Waals surface area contributed by atoms with E-state index in [9.17, 15) is 4.79 Å². The molecule has 0 saturated carbocycles. The molecule has 1 fully saturated rings. The van der Waals surface area contributed by atoms with E-state index in [0.717, 1.165) is 44.7 Å². The summed E-state index contributed by atoms with van der Waals surface area (Å²) in [4.78, 5) is 16.6. The Morgan fingerprint density at radius 2 is 2.05 bits per heavy atom. The fraction of sp³-hybridized carbons (Fsp3) is 0.714. The lowest BCUT2D eigenvalue weighted by Crippen LogP contribution is -2.50. The number of carbonyl (C=O) groups excluding carboxylic acids is 1. The summed E-state index contributed by atoms with van der Waals surface area (Å²) in [6.45, 7) is 10.0. The number of hydrogen-bond acceptors (Lipinski definition) is 3. The summed E-state index contributed by atoms with van der Waals surface area (Å²) in [7, 11) is 0. The van der Waals surface area contributed by atoms with Gasteiger partial charge in [0.15, 0.2) is 0 Å². The monoisotopic (exact) mass is 264 g/mol. The van der Waals surface area contributed by atoms with Gasteiger partial charge in [0.05, 0.1) is 0 Å². The molecule has 0 bridgehead atoms. The summed E-state index contributed by atoms with van der Waals surface area (Å²) in [6, 6.07) is 2.44. The first kappa shape index (κ1) is 14.1. The third-order valence-corrected chi connectivity index (χ3v) is 3.70. The van der Waals surface area contributed by atoms with E-state index in [0.29, 0.717) is 11.7 Å². The van der Waals surface area contributed by atoms with Crippen molar-refractivity contribution in [3.8, 4) is 0 Å². The van der Waals surface area contributed by atoms with Crippen LogP contribution in [0.25, 0.3) is 0 Å². The first-order valence-electron chi connectivity index (χ1n) is 7.19. The van der Waals surface area contributed by atoms with Gasteiger partial charge < -0.3 is 4.90 Å². The Balaban J connectivity index is 1.93. The van der Waals surface area contributed by atoms with E-state index in [1.165, 1.54) is 0 Å². The molecule has 0 aliphatic carbocycles. The molecule has 2 rings (SSSR count). The van der Waals surface area contributed by atoms with Crippen molar-refractivity contribution in [3.63, 3.8) is 0 Å². The predicted octanol–water partition coefficient (Wildman–Crippen LogP) is 1.53. The lowest BCUT2D eigenvalue weighted by atomic mass is 10.2. The first-order valence-corrected chi connectivity index (χ1v) is 7.19. The molecule has 1 saturated heterocycles. The van der Waals surface area contributed by atoms with Gasteiger partial charge in [-0.3, -0.25) is 14.8 Å². The van der Waals surface area contributed by atoms with Crippen LogP contribution >= 0.6 is 0 Å². The second-order valence-corrected chi connectivity index (χ2v) is 5.45. The highest BCUT2D eigenvalue weighted by molar-refractivity contribution is 5.92. The van der Waals surface area contributed by atoms with Gasteiger partial charge in [-0.05, 0) is 26.3 Å². The summed E-state index contributed by atoms with van der Waals surface area (Å²) in [5, 5.41) is 7.08. The molecule has 106 valence electrons. The summed E-state index contributed by atoms with van der Waals surface area (Å²) < 4.78 is 0. The SMILES string of the molecule is CCCc1cc(C(=O)N2CCN(C(C)C)CC2)n[nH]1. The van der Waals surface area contributed by atoms with Crippen LogP contribution in [0.2, 0.25) is 0 Å². The van der Waals surface area contributed by atoms with Crippen LogP contribution in [0, 0.1) is 0 Å². The van der Waals surface area contributed by atoms with Crippen molar-refractivity contribution in [2.24, 2.45) is 0 Å². The first-order chi connectivity index (χ1) is 9.11. The minimum atomic E-state index is 0.0574. The van der Waals surface area contributed by atoms with Gasteiger partial charge in [0.2, 0.25) is 0 Å². The zero-order valence-corrected chi connectivity index (χ0v) is 12.1. The van der Waals surface area contributed by atoms with E-state index in [4.69, 9.17) is 0 Å². The van der Waals surface area contributed by atoms with Gasteiger partial charge in [0, 0.05) is 37.9 Å². The lowest BCUT2D eigenvalue weighted by Gasteiger charge is -2.36. The number of nitrogens with zero attached hydrogens (tertiary/aromatic N) is 3. The van der Waals surface area contributed by atoms with Gasteiger partial charge in [0.1, 0.15) is 5.69 Å². The summed E-state index contributed by atoms with van der Waals surface area (Å²) >= 11 is 0. The Hall–Kier alpha value is -1.36. The molecular weight excluding hydrogens is 240 g/mol. The number of piperazine rings is 1. The van der Waals surface area contributed by atoms with Crippen LogP contribution in [0.3, 0.4) is 0 Å². The van der Waals surface area contributed by atoms with Gasteiger partial charge in [-0.1, -0.05) is 13.3 Å². The molecule has 0 radical (unpaired) electrons. The second-order valence-electron chi connectivity index (χ2n) is 5.45. The zero-order chi connectivity index (χ0) is 13.8. The molecule has 2 heterocycles. The van der Waals surface area contributed by atoms with E-state index < -0.39 is 0 Å². The molecule has 1 aliphatic rings. The quantitative estimate of drug-likeness (QED) is 0.897. The van der Waals surface area contributed by atoms with Crippen LogP contribution in [0.5, 0.6) is 0 Å². The smallest absolute Gasteiger partial charge is 0.274 e. The van der Waals surface area contributed by atoms with Gasteiger partial charge >= 0.3 is 0 Å². The molecule has 1 amide bonds. The van der Waals surface area contributed by atoms with Crippen LogP contribution in [-0.2, 0) is 6.42 Å². The van der Waals surface area contributed by atoms with Crippen LogP contribution in [-0.4, -0.2) is 58.1 Å². The summed E-state index contributed by atoms with van der Waals surface area (Å²) in [5.41, 5.74) is 1.60. The van der Waals surface area contributed by atoms with Crippen LogP contribution < -0.4 is 0 Å². The number of amides is 1. The van der Waals surface area contributed by atoms with E-state index in [-0.39, 0.29) is 5.91 Å². The molecule has 1 aliphatic heterocycles. The minimum absolute atomic E-state index is 0.0574. The van der Waals surface area contributed by atoms with Crippen molar-refractivity contribution in [2.75, 3.05) is 26.2 Å². The Morgan fingerprint density at radius 1 is 1.37 bits per heavy atom. The predicted molar refractivity (Wildman–Crippen MR) is 75.2 cm³/mol. The van der Waals surface area contributed by atoms with Gasteiger partial charge in [-0.25, -0.2) is 0 Å². The molecule has 0 aromatic carbocycles. The van der Waals surface area contributed by atoms with Crippen LogP contribution in [0.1, 0.15) is 43.4 Å². The third-order valence-electron chi connectivity index (χ3n) is 3.70. The highest BCUT2D eigenvalue weighted by Crippen LogP contribution is 2.10. The van der Waals surface area contributed by atoms with Crippen molar-refractivity contribution < 1.29 is 4.79 Å². The molecule has 5 nitrogen and oxygen atoms in total. The maximum absolute atomic E-state index is 12.3. The van der Waals surface area contributed by atoms with Gasteiger partial charge in [0.25, 0.3) is 5.91 Å². The molecule has 1 N–H and O–H groups in total. The van der Waals surface area contributed by atoms with Crippen molar-refractivity contribution in [1.82, 2.24) is 20.0 Å². The zero-order valence-electron chi connectivity index (χ0n) is 12.1. The average molecular weight is 264 g/mol. The number of hydrogen-bond donors (Lipinski definition) is 1. The Morgan fingerprint density at radius 3 is 2.63 bits per heavy atom. The molecule has 1 aromatic rings. The number of aromatic nitrogens is 2. The number of aryl methyl sites for hydroxylation is 1. The van der Waals surface area contributed by atoms with Gasteiger partial charge in [-0.2, -0.15) is 5.10 Å². The maximum Gasteiger partial charge on any atom is 0.274 e. The number of carbonyl (C=O) groups is 1. The molecule has 0 atom stereocenters. The van der Waals surface area contributed by atoms with E-state index in [1.54, 1.807) is 0 Å². The summed E-state index contributed by atoms with van der Waals surface area (Å²) in [6.07, 6.45) is 2.00. The number of rotatable bonds is 4. The van der Waals surface area contributed by atoms with Crippen LogP contribution in [0.15, 0.2) is 6.07 Å².